The second-order valence-electron chi connectivity index (χ2n) is 4.89. The average molecular weight is 308 g/mol. The van der Waals surface area contributed by atoms with Gasteiger partial charge in [-0.05, 0) is 62.4 Å². The summed E-state index contributed by atoms with van der Waals surface area (Å²) < 4.78 is 0.547. The zero-order valence-corrected chi connectivity index (χ0v) is 15.0. The highest BCUT2D eigenvalue weighted by Gasteiger charge is 2.27. The molecule has 109 valence electrons. The second kappa shape index (κ2) is 13.1. The second-order valence-corrected chi connectivity index (χ2v) is 8.14. The van der Waals surface area contributed by atoms with Crippen molar-refractivity contribution in [1.82, 2.24) is 0 Å². The van der Waals surface area contributed by atoms with Crippen molar-refractivity contribution in [1.29, 1.82) is 0 Å². The third-order valence-electron chi connectivity index (χ3n) is 3.53. The van der Waals surface area contributed by atoms with Crippen LogP contribution in [0.2, 0.25) is 0 Å². The third-order valence-corrected chi connectivity index (χ3v) is 6.40. The highest BCUT2D eigenvalue weighted by Crippen LogP contribution is 2.39. The fraction of sp³-hybridized carbons (Fsp3) is 0.933. The Morgan fingerprint density at radius 3 is 1.89 bits per heavy atom. The van der Waals surface area contributed by atoms with E-state index in [9.17, 15) is 0 Å². The molecule has 0 aromatic rings. The van der Waals surface area contributed by atoms with Crippen LogP contribution in [-0.4, -0.2) is 35.0 Å². The van der Waals surface area contributed by atoms with Gasteiger partial charge in [0.15, 0.2) is 0 Å². The number of hydrogen-bond acceptors (Lipinski definition) is 3. The zero-order chi connectivity index (χ0) is 13.7. The maximum atomic E-state index is 4.01. The molecule has 0 heterocycles. The standard InChI is InChI=1S/C15H31S3/c1-5-6-10-15(18-4,12-9-14-17-3)11-7-8-13-16-2/h1,5-14H2,2-4H3. The summed E-state index contributed by atoms with van der Waals surface area (Å²) in [6.45, 7) is 4.01. The van der Waals surface area contributed by atoms with Crippen molar-refractivity contribution < 1.29 is 0 Å². The van der Waals surface area contributed by atoms with Crippen molar-refractivity contribution in [2.45, 2.75) is 56.1 Å². The van der Waals surface area contributed by atoms with Crippen LogP contribution in [0.4, 0.5) is 0 Å². The Morgan fingerprint density at radius 1 is 0.778 bits per heavy atom. The molecular formula is C15H31S3. The average Bonchev–Trinajstić information content (AvgIpc) is 2.40. The van der Waals surface area contributed by atoms with Gasteiger partial charge in [0, 0.05) is 4.75 Å². The quantitative estimate of drug-likeness (QED) is 0.396. The van der Waals surface area contributed by atoms with Crippen molar-refractivity contribution in [3.05, 3.63) is 6.92 Å². The molecule has 18 heavy (non-hydrogen) atoms. The molecule has 0 saturated heterocycles. The fourth-order valence-corrected chi connectivity index (χ4v) is 4.33. The minimum absolute atomic E-state index is 0.547. The van der Waals surface area contributed by atoms with E-state index in [2.05, 4.69) is 37.5 Å². The third kappa shape index (κ3) is 9.03. The molecule has 0 amide bonds. The van der Waals surface area contributed by atoms with Crippen LogP contribution >= 0.6 is 35.3 Å². The molecule has 0 fully saturated rings. The van der Waals surface area contributed by atoms with Crippen LogP contribution in [0.5, 0.6) is 0 Å². The Labute approximate surface area is 128 Å². The summed E-state index contributed by atoms with van der Waals surface area (Å²) in [5, 5.41) is 0. The van der Waals surface area contributed by atoms with E-state index in [4.69, 9.17) is 0 Å². The summed E-state index contributed by atoms with van der Waals surface area (Å²) in [4.78, 5) is 0. The van der Waals surface area contributed by atoms with E-state index in [1.807, 2.05) is 23.5 Å². The number of hydrogen-bond donors (Lipinski definition) is 0. The number of thioether (sulfide) groups is 3. The molecule has 0 bridgehead atoms. The van der Waals surface area contributed by atoms with Crippen molar-refractivity contribution >= 4 is 35.3 Å². The van der Waals surface area contributed by atoms with Gasteiger partial charge in [0.2, 0.25) is 0 Å². The first-order valence-corrected chi connectivity index (χ1v) is 11.1. The number of unbranched alkanes of at least 4 members (excludes halogenated alkanes) is 2. The lowest BCUT2D eigenvalue weighted by molar-refractivity contribution is 0.440. The van der Waals surface area contributed by atoms with E-state index < -0.39 is 0 Å². The van der Waals surface area contributed by atoms with Gasteiger partial charge >= 0.3 is 0 Å². The van der Waals surface area contributed by atoms with Gasteiger partial charge in [-0.15, -0.1) is 0 Å². The monoisotopic (exact) mass is 307 g/mol. The first-order valence-electron chi connectivity index (χ1n) is 7.07. The Hall–Kier alpha value is 1.05. The molecule has 0 aromatic heterocycles. The lowest BCUT2D eigenvalue weighted by Crippen LogP contribution is -2.25. The van der Waals surface area contributed by atoms with Crippen LogP contribution in [-0.2, 0) is 0 Å². The normalized spacial score (nSPS) is 14.7. The zero-order valence-electron chi connectivity index (χ0n) is 12.5. The lowest BCUT2D eigenvalue weighted by atomic mass is 9.90. The maximum absolute atomic E-state index is 4.01. The van der Waals surface area contributed by atoms with Gasteiger partial charge in [-0.2, -0.15) is 35.3 Å². The van der Waals surface area contributed by atoms with Gasteiger partial charge in [0.05, 0.1) is 0 Å². The van der Waals surface area contributed by atoms with Gasteiger partial charge in [-0.3, -0.25) is 0 Å². The van der Waals surface area contributed by atoms with Gasteiger partial charge in [0.25, 0.3) is 0 Å². The summed E-state index contributed by atoms with van der Waals surface area (Å²) in [7, 11) is 0. The fourth-order valence-electron chi connectivity index (χ4n) is 2.36. The molecule has 1 atom stereocenters. The van der Waals surface area contributed by atoms with Crippen LogP contribution in [0.1, 0.15) is 51.4 Å². The molecule has 0 aliphatic heterocycles. The largest absolute Gasteiger partial charge is 0.165 e. The first-order chi connectivity index (χ1) is 8.74. The molecule has 0 nitrogen and oxygen atoms in total. The predicted octanol–water partition coefficient (Wildman–Crippen LogP) is 5.77. The summed E-state index contributed by atoms with van der Waals surface area (Å²) in [6.07, 6.45) is 17.5. The summed E-state index contributed by atoms with van der Waals surface area (Å²) in [5.41, 5.74) is 0. The molecule has 3 heteroatoms. The van der Waals surface area contributed by atoms with Gasteiger partial charge in [0.1, 0.15) is 0 Å². The highest BCUT2D eigenvalue weighted by molar-refractivity contribution is 8.00. The minimum Gasteiger partial charge on any atom is -0.165 e. The molecule has 0 N–H and O–H groups in total. The van der Waals surface area contributed by atoms with Crippen LogP contribution in [0.25, 0.3) is 0 Å². The van der Waals surface area contributed by atoms with Crippen molar-refractivity contribution in [3.63, 3.8) is 0 Å². The Bertz CT molecular complexity index is 173. The number of rotatable bonds is 13. The molecular weight excluding hydrogens is 276 g/mol. The van der Waals surface area contributed by atoms with Crippen molar-refractivity contribution in [2.24, 2.45) is 0 Å². The van der Waals surface area contributed by atoms with Gasteiger partial charge in [-0.25, -0.2) is 0 Å². The molecule has 1 unspecified atom stereocenters. The Morgan fingerprint density at radius 2 is 1.33 bits per heavy atom. The Balaban J connectivity index is 4.15. The van der Waals surface area contributed by atoms with Gasteiger partial charge in [-0.1, -0.05) is 26.2 Å². The topological polar surface area (TPSA) is 0 Å². The summed E-state index contributed by atoms with van der Waals surface area (Å²) in [5.74, 6) is 2.64. The summed E-state index contributed by atoms with van der Waals surface area (Å²) >= 11 is 6.08. The molecule has 0 rings (SSSR count). The van der Waals surface area contributed by atoms with E-state index in [0.717, 1.165) is 6.42 Å². The van der Waals surface area contributed by atoms with Crippen LogP contribution in [0.15, 0.2) is 0 Å². The minimum atomic E-state index is 0.547. The molecule has 1 radical (unpaired) electrons. The molecule has 0 spiro atoms. The van der Waals surface area contributed by atoms with Crippen molar-refractivity contribution in [2.75, 3.05) is 30.3 Å². The van der Waals surface area contributed by atoms with Gasteiger partial charge < -0.3 is 0 Å². The molecule has 0 aliphatic carbocycles. The van der Waals surface area contributed by atoms with E-state index in [0.29, 0.717) is 4.75 Å². The smallest absolute Gasteiger partial charge is 0.0157 e. The van der Waals surface area contributed by atoms with E-state index in [-0.39, 0.29) is 0 Å². The van der Waals surface area contributed by atoms with E-state index >= 15 is 0 Å². The highest BCUT2D eigenvalue weighted by atomic mass is 32.2. The van der Waals surface area contributed by atoms with E-state index in [1.165, 1.54) is 56.5 Å². The predicted molar refractivity (Wildman–Crippen MR) is 95.3 cm³/mol. The molecule has 0 aliphatic rings. The molecule has 0 saturated carbocycles. The van der Waals surface area contributed by atoms with Crippen LogP contribution in [0, 0.1) is 6.92 Å². The van der Waals surface area contributed by atoms with Crippen molar-refractivity contribution in [3.8, 4) is 0 Å². The Kier molecular flexibility index (Phi) is 13.8. The molecule has 0 aromatic carbocycles. The summed E-state index contributed by atoms with van der Waals surface area (Å²) in [6, 6.07) is 0. The first kappa shape index (κ1) is 19.1. The van der Waals surface area contributed by atoms with Crippen LogP contribution in [0.3, 0.4) is 0 Å². The lowest BCUT2D eigenvalue weighted by Gasteiger charge is -2.32. The van der Waals surface area contributed by atoms with Crippen LogP contribution < -0.4 is 0 Å². The maximum Gasteiger partial charge on any atom is 0.0157 e. The SMILES string of the molecule is [CH2]CCCC(CCCCSC)(CCCSC)SC. The van der Waals surface area contributed by atoms with E-state index in [1.54, 1.807) is 0 Å².